The summed E-state index contributed by atoms with van der Waals surface area (Å²) < 4.78 is 6.73. The van der Waals surface area contributed by atoms with Crippen molar-refractivity contribution in [1.29, 1.82) is 0 Å². The summed E-state index contributed by atoms with van der Waals surface area (Å²) in [5.41, 5.74) is 7.24. The Morgan fingerprint density at radius 3 is 3.00 bits per heavy atom. The molecule has 0 bridgehead atoms. The Morgan fingerprint density at radius 1 is 1.56 bits per heavy atom. The lowest BCUT2D eigenvalue weighted by Gasteiger charge is -2.28. The van der Waals surface area contributed by atoms with Crippen molar-refractivity contribution >= 4 is 15.9 Å². The van der Waals surface area contributed by atoms with Gasteiger partial charge in [0.05, 0.1) is 6.10 Å². The van der Waals surface area contributed by atoms with Gasteiger partial charge in [-0.2, -0.15) is 0 Å². The lowest BCUT2D eigenvalue weighted by molar-refractivity contribution is 0.0856. The van der Waals surface area contributed by atoms with E-state index in [2.05, 4.69) is 35.0 Å². The average Bonchev–Trinajstić information content (AvgIpc) is 2.70. The summed E-state index contributed by atoms with van der Waals surface area (Å²) in [6, 6.07) is 8.22. The van der Waals surface area contributed by atoms with Crippen molar-refractivity contribution in [2.75, 3.05) is 6.61 Å². The topological polar surface area (TPSA) is 35.2 Å². The van der Waals surface area contributed by atoms with E-state index in [0.29, 0.717) is 6.10 Å². The first-order valence-corrected chi connectivity index (χ1v) is 6.54. The smallest absolute Gasteiger partial charge is 0.0596 e. The molecule has 1 fully saturated rings. The summed E-state index contributed by atoms with van der Waals surface area (Å²) in [5, 5.41) is 0. The number of hydrogen-bond donors (Lipinski definition) is 1. The molecule has 16 heavy (non-hydrogen) atoms. The third-order valence-corrected chi connectivity index (χ3v) is 3.65. The van der Waals surface area contributed by atoms with Gasteiger partial charge in [0.15, 0.2) is 0 Å². The summed E-state index contributed by atoms with van der Waals surface area (Å²) in [5.74, 6) is 0. The van der Waals surface area contributed by atoms with E-state index in [9.17, 15) is 0 Å². The van der Waals surface area contributed by atoms with Crippen molar-refractivity contribution in [2.24, 2.45) is 5.73 Å². The van der Waals surface area contributed by atoms with Crippen molar-refractivity contribution in [3.63, 3.8) is 0 Å². The zero-order valence-corrected chi connectivity index (χ0v) is 11.2. The fourth-order valence-corrected chi connectivity index (χ4v) is 2.64. The Kier molecular flexibility index (Phi) is 3.67. The zero-order chi connectivity index (χ0) is 11.6. The van der Waals surface area contributed by atoms with Crippen LogP contribution in [0.4, 0.5) is 0 Å². The third kappa shape index (κ3) is 2.84. The van der Waals surface area contributed by atoms with Crippen LogP contribution in [0.15, 0.2) is 28.7 Å². The largest absolute Gasteiger partial charge is 0.378 e. The molecule has 2 rings (SSSR count). The molecule has 1 aromatic carbocycles. The molecule has 88 valence electrons. The second-order valence-corrected chi connectivity index (χ2v) is 5.68. The second-order valence-electron chi connectivity index (χ2n) is 4.77. The van der Waals surface area contributed by atoms with E-state index in [4.69, 9.17) is 10.5 Å². The van der Waals surface area contributed by atoms with Crippen molar-refractivity contribution in [2.45, 2.75) is 37.8 Å². The number of halogens is 1. The van der Waals surface area contributed by atoms with Crippen LogP contribution in [0.5, 0.6) is 0 Å². The van der Waals surface area contributed by atoms with Crippen molar-refractivity contribution in [3.05, 3.63) is 34.3 Å². The maximum atomic E-state index is 6.39. The predicted octanol–water partition coefficient (Wildman–Crippen LogP) is 3.19. The van der Waals surface area contributed by atoms with Crippen LogP contribution in [0.3, 0.4) is 0 Å². The van der Waals surface area contributed by atoms with Crippen LogP contribution < -0.4 is 5.73 Å². The summed E-state index contributed by atoms with van der Waals surface area (Å²) in [7, 11) is 0. The van der Waals surface area contributed by atoms with Gasteiger partial charge >= 0.3 is 0 Å². The van der Waals surface area contributed by atoms with E-state index in [-0.39, 0.29) is 5.54 Å². The first kappa shape index (κ1) is 12.1. The zero-order valence-electron chi connectivity index (χ0n) is 9.58. The van der Waals surface area contributed by atoms with Gasteiger partial charge in [0, 0.05) is 16.6 Å². The van der Waals surface area contributed by atoms with Gasteiger partial charge in [-0.05, 0) is 43.9 Å². The summed E-state index contributed by atoms with van der Waals surface area (Å²) in [6.07, 6.45) is 3.53. The molecular formula is C13H18BrNO. The molecule has 2 nitrogen and oxygen atoms in total. The molecule has 2 atom stereocenters. The first-order chi connectivity index (χ1) is 7.58. The highest BCUT2D eigenvalue weighted by Gasteiger charge is 2.28. The van der Waals surface area contributed by atoms with Crippen LogP contribution in [-0.4, -0.2) is 12.7 Å². The maximum Gasteiger partial charge on any atom is 0.0596 e. The van der Waals surface area contributed by atoms with Gasteiger partial charge in [-0.3, -0.25) is 0 Å². The molecule has 0 saturated carbocycles. The normalized spacial score (nSPS) is 24.3. The van der Waals surface area contributed by atoms with Gasteiger partial charge in [-0.25, -0.2) is 0 Å². The Balaban J connectivity index is 2.10. The third-order valence-electron chi connectivity index (χ3n) is 3.16. The fraction of sp³-hybridized carbons (Fsp3) is 0.538. The highest BCUT2D eigenvalue weighted by molar-refractivity contribution is 9.10. The quantitative estimate of drug-likeness (QED) is 0.925. The second kappa shape index (κ2) is 4.86. The minimum absolute atomic E-state index is 0.307. The van der Waals surface area contributed by atoms with Crippen LogP contribution in [0.2, 0.25) is 0 Å². The van der Waals surface area contributed by atoms with Gasteiger partial charge in [0.25, 0.3) is 0 Å². The van der Waals surface area contributed by atoms with Gasteiger partial charge in [-0.1, -0.05) is 28.1 Å². The van der Waals surface area contributed by atoms with Crippen LogP contribution in [-0.2, 0) is 10.3 Å². The molecule has 1 aliphatic rings. The van der Waals surface area contributed by atoms with Gasteiger partial charge in [-0.15, -0.1) is 0 Å². The van der Waals surface area contributed by atoms with E-state index in [1.807, 2.05) is 12.1 Å². The molecule has 1 heterocycles. The van der Waals surface area contributed by atoms with Crippen molar-refractivity contribution in [1.82, 2.24) is 0 Å². The molecular weight excluding hydrogens is 266 g/mol. The van der Waals surface area contributed by atoms with E-state index in [1.54, 1.807) is 0 Å². The Labute approximate surface area is 105 Å². The number of hydrogen-bond acceptors (Lipinski definition) is 2. The number of rotatable bonds is 3. The maximum absolute atomic E-state index is 6.39. The lowest BCUT2D eigenvalue weighted by atomic mass is 9.87. The molecule has 1 aliphatic heterocycles. The predicted molar refractivity (Wildman–Crippen MR) is 69.3 cm³/mol. The molecule has 0 radical (unpaired) electrons. The summed E-state index contributed by atoms with van der Waals surface area (Å²) in [6.45, 7) is 2.97. The highest BCUT2D eigenvalue weighted by atomic mass is 79.9. The van der Waals surface area contributed by atoms with E-state index in [0.717, 1.165) is 29.5 Å². The Bertz CT molecular complexity index is 359. The fourth-order valence-electron chi connectivity index (χ4n) is 2.24. The molecule has 1 aromatic rings. The average molecular weight is 284 g/mol. The lowest BCUT2D eigenvalue weighted by Crippen LogP contribution is -2.36. The van der Waals surface area contributed by atoms with E-state index >= 15 is 0 Å². The van der Waals surface area contributed by atoms with E-state index in [1.165, 1.54) is 6.42 Å². The number of nitrogens with two attached hydrogens (primary N) is 1. The Hall–Kier alpha value is -0.380. The molecule has 2 unspecified atom stereocenters. The molecule has 3 heteroatoms. The molecule has 0 aromatic heterocycles. The van der Waals surface area contributed by atoms with Gasteiger partial charge < -0.3 is 10.5 Å². The van der Waals surface area contributed by atoms with Crippen LogP contribution in [0, 0.1) is 0 Å². The van der Waals surface area contributed by atoms with Crippen LogP contribution >= 0.6 is 15.9 Å². The minimum Gasteiger partial charge on any atom is -0.378 e. The van der Waals surface area contributed by atoms with E-state index < -0.39 is 0 Å². The molecule has 0 amide bonds. The monoisotopic (exact) mass is 283 g/mol. The molecule has 0 spiro atoms. The van der Waals surface area contributed by atoms with Crippen molar-refractivity contribution < 1.29 is 4.74 Å². The summed E-state index contributed by atoms with van der Waals surface area (Å²) in [4.78, 5) is 0. The van der Waals surface area contributed by atoms with Gasteiger partial charge in [0.2, 0.25) is 0 Å². The highest BCUT2D eigenvalue weighted by Crippen LogP contribution is 2.29. The number of ether oxygens (including phenoxy) is 1. The number of benzene rings is 1. The SMILES string of the molecule is CC(N)(CC1CCCO1)c1cccc(Br)c1. The molecule has 0 aliphatic carbocycles. The Morgan fingerprint density at radius 2 is 2.38 bits per heavy atom. The van der Waals surface area contributed by atoms with Crippen LogP contribution in [0.25, 0.3) is 0 Å². The standard InChI is InChI=1S/C13H18BrNO/c1-13(15,9-12-6-3-7-16-12)10-4-2-5-11(14)8-10/h2,4-5,8,12H,3,6-7,9,15H2,1H3. The molecule has 2 N–H and O–H groups in total. The first-order valence-electron chi connectivity index (χ1n) is 5.74. The van der Waals surface area contributed by atoms with Gasteiger partial charge in [0.1, 0.15) is 0 Å². The summed E-state index contributed by atoms with van der Waals surface area (Å²) >= 11 is 3.48. The van der Waals surface area contributed by atoms with Crippen LogP contribution in [0.1, 0.15) is 31.7 Å². The molecule has 1 saturated heterocycles. The minimum atomic E-state index is -0.307. The van der Waals surface area contributed by atoms with Crippen molar-refractivity contribution in [3.8, 4) is 0 Å².